The van der Waals surface area contributed by atoms with E-state index in [-0.39, 0.29) is 0 Å². The quantitative estimate of drug-likeness (QED) is 0.889. The lowest BCUT2D eigenvalue weighted by molar-refractivity contribution is 0.320. The number of rotatable bonds is 4. The lowest BCUT2D eigenvalue weighted by Crippen LogP contribution is -2.24. The molecule has 4 heteroatoms. The predicted octanol–water partition coefficient (Wildman–Crippen LogP) is 4.47. The van der Waals surface area contributed by atoms with Gasteiger partial charge in [-0.25, -0.2) is 4.98 Å². The summed E-state index contributed by atoms with van der Waals surface area (Å²) >= 11 is 1.87. The third-order valence-electron chi connectivity index (χ3n) is 5.23. The molecule has 2 aliphatic rings. The number of likely N-dealkylation sites (tertiary alicyclic amines) is 1. The van der Waals surface area contributed by atoms with Crippen molar-refractivity contribution in [2.45, 2.75) is 39.0 Å². The minimum Gasteiger partial charge on any atom is -0.385 e. The molecule has 3 heterocycles. The van der Waals surface area contributed by atoms with Crippen molar-refractivity contribution < 1.29 is 0 Å². The van der Waals surface area contributed by atoms with Crippen molar-refractivity contribution >= 4 is 27.3 Å². The molecule has 1 saturated heterocycles. The molecule has 1 aromatic heterocycles. The molecule has 0 aliphatic carbocycles. The van der Waals surface area contributed by atoms with E-state index in [0.29, 0.717) is 5.92 Å². The van der Waals surface area contributed by atoms with Crippen LogP contribution in [-0.2, 0) is 0 Å². The monoisotopic (exact) mass is 341 g/mol. The normalized spacial score (nSPS) is 23.2. The topological polar surface area (TPSA) is 28.2 Å². The molecule has 0 bridgehead atoms. The first-order valence-electron chi connectivity index (χ1n) is 9.26. The molecule has 0 radical (unpaired) electrons. The van der Waals surface area contributed by atoms with E-state index in [9.17, 15) is 0 Å². The second-order valence-electron chi connectivity index (χ2n) is 7.48. The molecular formula is C20H27N3S. The Morgan fingerprint density at radius 2 is 2.17 bits per heavy atom. The number of fused-ring (bicyclic) bond motifs is 1. The van der Waals surface area contributed by atoms with Crippen molar-refractivity contribution in [3.63, 3.8) is 0 Å². The van der Waals surface area contributed by atoms with Crippen LogP contribution in [0.15, 0.2) is 24.3 Å². The van der Waals surface area contributed by atoms with Crippen molar-refractivity contribution in [1.29, 1.82) is 0 Å². The summed E-state index contributed by atoms with van der Waals surface area (Å²) in [5, 5.41) is 4.84. The van der Waals surface area contributed by atoms with E-state index >= 15 is 0 Å². The molecule has 1 unspecified atom stereocenters. The van der Waals surface area contributed by atoms with Gasteiger partial charge in [0, 0.05) is 24.7 Å². The highest BCUT2D eigenvalue weighted by molar-refractivity contribution is 7.18. The second-order valence-corrected chi connectivity index (χ2v) is 8.55. The Morgan fingerprint density at radius 3 is 2.92 bits per heavy atom. The summed E-state index contributed by atoms with van der Waals surface area (Å²) in [6.45, 7) is 9.35. The standard InChI is InChI=1S/C20H27N3S/c1-14-5-7-17(21-12-14)16-6-8-19-18(11-16)22-20(24-19)15(2)13-23-9-3-4-10-23/h6-8,11,14-15,21H,3-5,9-10,12-13H2,1-2H3/t14-,15?/m0/s1. The van der Waals surface area contributed by atoms with E-state index in [1.807, 2.05) is 11.3 Å². The first-order chi connectivity index (χ1) is 11.7. The van der Waals surface area contributed by atoms with Crippen molar-refractivity contribution in [1.82, 2.24) is 15.2 Å². The van der Waals surface area contributed by atoms with Crippen LogP contribution in [0.2, 0.25) is 0 Å². The van der Waals surface area contributed by atoms with Gasteiger partial charge in [-0.1, -0.05) is 26.0 Å². The molecule has 3 nitrogen and oxygen atoms in total. The maximum atomic E-state index is 4.96. The molecule has 2 atom stereocenters. The highest BCUT2D eigenvalue weighted by Gasteiger charge is 2.19. The molecule has 0 amide bonds. The minimum atomic E-state index is 0.525. The van der Waals surface area contributed by atoms with Gasteiger partial charge in [-0.3, -0.25) is 0 Å². The van der Waals surface area contributed by atoms with E-state index in [2.05, 4.69) is 48.3 Å². The maximum absolute atomic E-state index is 4.96. The highest BCUT2D eigenvalue weighted by atomic mass is 32.1. The fourth-order valence-electron chi connectivity index (χ4n) is 3.73. The van der Waals surface area contributed by atoms with Gasteiger partial charge in [0.15, 0.2) is 0 Å². The fraction of sp³-hybridized carbons (Fsp3) is 0.550. The molecule has 128 valence electrons. The summed E-state index contributed by atoms with van der Waals surface area (Å²) in [4.78, 5) is 7.55. The van der Waals surface area contributed by atoms with Gasteiger partial charge >= 0.3 is 0 Å². The van der Waals surface area contributed by atoms with Gasteiger partial charge in [-0.2, -0.15) is 0 Å². The van der Waals surface area contributed by atoms with Gasteiger partial charge in [0.1, 0.15) is 0 Å². The lowest BCUT2D eigenvalue weighted by Gasteiger charge is -2.20. The second kappa shape index (κ2) is 6.85. The molecular weight excluding hydrogens is 314 g/mol. The number of hydrogen-bond donors (Lipinski definition) is 1. The van der Waals surface area contributed by atoms with Gasteiger partial charge < -0.3 is 10.2 Å². The molecule has 24 heavy (non-hydrogen) atoms. The Kier molecular flexibility index (Phi) is 4.59. The van der Waals surface area contributed by atoms with Crippen LogP contribution >= 0.6 is 11.3 Å². The smallest absolute Gasteiger partial charge is 0.0979 e. The zero-order valence-corrected chi connectivity index (χ0v) is 15.5. The highest BCUT2D eigenvalue weighted by Crippen LogP contribution is 2.31. The summed E-state index contributed by atoms with van der Waals surface area (Å²) < 4.78 is 1.31. The number of aromatic nitrogens is 1. The van der Waals surface area contributed by atoms with Gasteiger partial charge in [-0.15, -0.1) is 11.3 Å². The maximum Gasteiger partial charge on any atom is 0.0979 e. The third kappa shape index (κ3) is 3.35. The van der Waals surface area contributed by atoms with Crippen LogP contribution < -0.4 is 5.32 Å². The average Bonchev–Trinajstić information content (AvgIpc) is 3.24. The molecule has 1 N–H and O–H groups in total. The zero-order chi connectivity index (χ0) is 16.5. The zero-order valence-electron chi connectivity index (χ0n) is 14.7. The summed E-state index contributed by atoms with van der Waals surface area (Å²) in [7, 11) is 0. The Morgan fingerprint density at radius 1 is 1.33 bits per heavy atom. The number of nitrogens with zero attached hydrogens (tertiary/aromatic N) is 2. The predicted molar refractivity (Wildman–Crippen MR) is 103 cm³/mol. The van der Waals surface area contributed by atoms with E-state index in [1.165, 1.54) is 46.9 Å². The average molecular weight is 342 g/mol. The number of hydrogen-bond acceptors (Lipinski definition) is 4. The molecule has 1 fully saturated rings. The van der Waals surface area contributed by atoms with Crippen LogP contribution in [0.25, 0.3) is 15.9 Å². The van der Waals surface area contributed by atoms with Crippen LogP contribution in [0.5, 0.6) is 0 Å². The molecule has 0 spiro atoms. The largest absolute Gasteiger partial charge is 0.385 e. The number of benzene rings is 1. The number of thiazole rings is 1. The van der Waals surface area contributed by atoms with Gasteiger partial charge in [0.05, 0.1) is 15.2 Å². The first kappa shape index (κ1) is 16.1. The van der Waals surface area contributed by atoms with E-state index in [0.717, 1.165) is 30.9 Å². The van der Waals surface area contributed by atoms with Gasteiger partial charge in [0.2, 0.25) is 0 Å². The Hall–Kier alpha value is -1.39. The summed E-state index contributed by atoms with van der Waals surface area (Å²) in [5.41, 5.74) is 3.70. The molecule has 4 rings (SSSR count). The van der Waals surface area contributed by atoms with Gasteiger partial charge in [-0.05, 0) is 56.0 Å². The van der Waals surface area contributed by atoms with Crippen molar-refractivity contribution in [3.8, 4) is 0 Å². The van der Waals surface area contributed by atoms with Crippen LogP contribution in [0.1, 0.15) is 49.6 Å². The van der Waals surface area contributed by atoms with Crippen molar-refractivity contribution in [2.75, 3.05) is 26.2 Å². The number of allylic oxidation sites excluding steroid dienone is 1. The molecule has 2 aromatic rings. The minimum absolute atomic E-state index is 0.525. The molecule has 2 aliphatic heterocycles. The van der Waals surface area contributed by atoms with Crippen LogP contribution in [-0.4, -0.2) is 36.1 Å². The van der Waals surface area contributed by atoms with E-state index < -0.39 is 0 Å². The Bertz CT molecular complexity index is 742. The van der Waals surface area contributed by atoms with Crippen molar-refractivity contribution in [3.05, 3.63) is 34.8 Å². The summed E-state index contributed by atoms with van der Waals surface area (Å²) in [6.07, 6.45) is 6.21. The molecule has 0 saturated carbocycles. The van der Waals surface area contributed by atoms with Crippen LogP contribution in [0.4, 0.5) is 0 Å². The van der Waals surface area contributed by atoms with E-state index in [4.69, 9.17) is 4.98 Å². The third-order valence-corrected chi connectivity index (χ3v) is 6.50. The van der Waals surface area contributed by atoms with Crippen LogP contribution in [0.3, 0.4) is 0 Å². The molecule has 1 aromatic carbocycles. The summed E-state index contributed by atoms with van der Waals surface area (Å²) in [5.74, 6) is 1.26. The first-order valence-corrected chi connectivity index (χ1v) is 10.1. The summed E-state index contributed by atoms with van der Waals surface area (Å²) in [6, 6.07) is 6.74. The Balaban J connectivity index is 1.54. The van der Waals surface area contributed by atoms with E-state index in [1.54, 1.807) is 0 Å². The van der Waals surface area contributed by atoms with Crippen molar-refractivity contribution in [2.24, 2.45) is 5.92 Å². The fourth-order valence-corrected chi connectivity index (χ4v) is 4.72. The Labute approximate surface area is 148 Å². The van der Waals surface area contributed by atoms with Crippen LogP contribution in [0, 0.1) is 5.92 Å². The van der Waals surface area contributed by atoms with Gasteiger partial charge in [0.25, 0.3) is 0 Å². The number of nitrogens with one attached hydrogen (secondary N) is 1. The SMILES string of the molecule is CC(CN1CCCC1)c1nc2cc(C3=CC[C@H](C)CN3)ccc2s1. The lowest BCUT2D eigenvalue weighted by atomic mass is 10.0.